The van der Waals surface area contributed by atoms with Gasteiger partial charge >= 0.3 is 0 Å². The molecule has 2 atom stereocenters. The van der Waals surface area contributed by atoms with E-state index in [4.69, 9.17) is 0 Å². The highest BCUT2D eigenvalue weighted by Gasteiger charge is 2.24. The third-order valence-corrected chi connectivity index (χ3v) is 4.59. The van der Waals surface area contributed by atoms with Crippen LogP contribution in [0, 0.1) is 5.92 Å². The summed E-state index contributed by atoms with van der Waals surface area (Å²) in [6.07, 6.45) is 6.72. The van der Waals surface area contributed by atoms with Crippen molar-refractivity contribution >= 4 is 15.9 Å². The van der Waals surface area contributed by atoms with Crippen LogP contribution in [0.25, 0.3) is 0 Å². The van der Waals surface area contributed by atoms with E-state index in [1.54, 1.807) is 0 Å². The quantitative estimate of drug-likeness (QED) is 0.879. The minimum atomic E-state index is 0.723. The van der Waals surface area contributed by atoms with E-state index in [2.05, 4.69) is 52.4 Å². The number of hydrogen-bond donors (Lipinski definition) is 1. The van der Waals surface area contributed by atoms with Crippen LogP contribution in [-0.2, 0) is 6.42 Å². The average Bonchev–Trinajstić information content (AvgIpc) is 2.35. The molecule has 1 N–H and O–H groups in total. The fraction of sp³-hybridized carbons (Fsp3) is 0.600. The van der Waals surface area contributed by atoms with Crippen molar-refractivity contribution in [1.82, 2.24) is 5.32 Å². The summed E-state index contributed by atoms with van der Waals surface area (Å²) in [5.74, 6) is 0.808. The highest BCUT2D eigenvalue weighted by atomic mass is 79.9. The highest BCUT2D eigenvalue weighted by Crippen LogP contribution is 2.29. The van der Waals surface area contributed by atoms with E-state index in [1.807, 2.05) is 0 Å². The Morgan fingerprint density at radius 1 is 1.24 bits per heavy atom. The van der Waals surface area contributed by atoms with Crippen LogP contribution in [0.2, 0.25) is 0 Å². The van der Waals surface area contributed by atoms with Crippen molar-refractivity contribution in [1.29, 1.82) is 0 Å². The summed E-state index contributed by atoms with van der Waals surface area (Å²) in [7, 11) is 0. The molecule has 0 bridgehead atoms. The molecule has 0 spiro atoms. The summed E-state index contributed by atoms with van der Waals surface area (Å²) >= 11 is 3.66. The summed E-state index contributed by atoms with van der Waals surface area (Å²) < 4.78 is 1.26. The van der Waals surface area contributed by atoms with Crippen molar-refractivity contribution in [3.63, 3.8) is 0 Å². The zero-order valence-corrected chi connectivity index (χ0v) is 12.2. The Labute approximate surface area is 113 Å². The lowest BCUT2D eigenvalue weighted by Crippen LogP contribution is -2.39. The number of nitrogens with one attached hydrogen (secondary N) is 1. The Morgan fingerprint density at radius 2 is 2.00 bits per heavy atom. The Kier molecular flexibility index (Phi) is 5.05. The summed E-state index contributed by atoms with van der Waals surface area (Å²) in [6, 6.07) is 9.37. The molecule has 2 heteroatoms. The standard InChI is InChI=1S/C15H22BrN/c1-2-17-15-10-6-4-8-13(15)11-12-7-3-5-9-14(12)16/h3,5,7,9,13,15,17H,2,4,6,8,10-11H2,1H3. The van der Waals surface area contributed by atoms with Gasteiger partial charge in [-0.15, -0.1) is 0 Å². The van der Waals surface area contributed by atoms with E-state index in [0.717, 1.165) is 18.5 Å². The average molecular weight is 296 g/mol. The predicted octanol–water partition coefficient (Wildman–Crippen LogP) is 4.16. The van der Waals surface area contributed by atoms with Crippen molar-refractivity contribution in [3.8, 4) is 0 Å². The smallest absolute Gasteiger partial charge is 0.0207 e. The number of hydrogen-bond acceptors (Lipinski definition) is 1. The molecule has 1 aliphatic carbocycles. The Hall–Kier alpha value is -0.340. The molecule has 1 fully saturated rings. The van der Waals surface area contributed by atoms with Crippen LogP contribution in [0.5, 0.6) is 0 Å². The molecule has 0 saturated heterocycles. The van der Waals surface area contributed by atoms with Crippen molar-refractivity contribution in [2.24, 2.45) is 5.92 Å². The SMILES string of the molecule is CCNC1CCCCC1Cc1ccccc1Br. The highest BCUT2D eigenvalue weighted by molar-refractivity contribution is 9.10. The number of benzene rings is 1. The molecule has 17 heavy (non-hydrogen) atoms. The van der Waals surface area contributed by atoms with E-state index >= 15 is 0 Å². The molecule has 2 unspecified atom stereocenters. The molecule has 1 saturated carbocycles. The van der Waals surface area contributed by atoms with Gasteiger partial charge in [0.1, 0.15) is 0 Å². The normalized spacial score (nSPS) is 24.8. The first-order chi connectivity index (χ1) is 8.31. The van der Waals surface area contributed by atoms with Crippen LogP contribution in [0.1, 0.15) is 38.2 Å². The maximum Gasteiger partial charge on any atom is 0.0207 e. The van der Waals surface area contributed by atoms with Gasteiger partial charge in [-0.1, -0.05) is 53.9 Å². The van der Waals surface area contributed by atoms with Gasteiger partial charge in [0.25, 0.3) is 0 Å². The first-order valence-corrected chi connectivity index (χ1v) is 7.57. The van der Waals surface area contributed by atoms with Crippen molar-refractivity contribution < 1.29 is 0 Å². The molecule has 1 aliphatic rings. The monoisotopic (exact) mass is 295 g/mol. The van der Waals surface area contributed by atoms with Crippen LogP contribution < -0.4 is 5.32 Å². The molecule has 0 aromatic heterocycles. The minimum absolute atomic E-state index is 0.723. The third kappa shape index (κ3) is 3.56. The predicted molar refractivity (Wildman–Crippen MR) is 77.3 cm³/mol. The fourth-order valence-corrected chi connectivity index (χ4v) is 3.38. The summed E-state index contributed by atoms with van der Waals surface area (Å²) in [5.41, 5.74) is 1.46. The molecule has 1 aromatic rings. The molecule has 94 valence electrons. The van der Waals surface area contributed by atoms with Gasteiger partial charge in [0.05, 0.1) is 0 Å². The van der Waals surface area contributed by atoms with Gasteiger partial charge in [-0.05, 0) is 43.4 Å². The summed E-state index contributed by atoms with van der Waals surface area (Å²) in [6.45, 7) is 3.31. The van der Waals surface area contributed by atoms with E-state index in [9.17, 15) is 0 Å². The minimum Gasteiger partial charge on any atom is -0.314 e. The molecular formula is C15H22BrN. The van der Waals surface area contributed by atoms with Gasteiger partial charge in [0, 0.05) is 10.5 Å². The summed E-state index contributed by atoms with van der Waals surface area (Å²) in [4.78, 5) is 0. The van der Waals surface area contributed by atoms with Crippen molar-refractivity contribution in [2.45, 2.75) is 45.1 Å². The maximum absolute atomic E-state index is 3.66. The van der Waals surface area contributed by atoms with Gasteiger partial charge in [-0.25, -0.2) is 0 Å². The topological polar surface area (TPSA) is 12.0 Å². The van der Waals surface area contributed by atoms with E-state index in [0.29, 0.717) is 0 Å². The van der Waals surface area contributed by atoms with Crippen LogP contribution in [0.15, 0.2) is 28.7 Å². The number of halogens is 1. The summed E-state index contributed by atoms with van der Waals surface area (Å²) in [5, 5.41) is 3.66. The number of rotatable bonds is 4. The first-order valence-electron chi connectivity index (χ1n) is 6.78. The van der Waals surface area contributed by atoms with Crippen LogP contribution in [0.4, 0.5) is 0 Å². The zero-order valence-electron chi connectivity index (χ0n) is 10.6. The van der Waals surface area contributed by atoms with Gasteiger partial charge in [0.2, 0.25) is 0 Å². The zero-order chi connectivity index (χ0) is 12.1. The molecule has 1 aromatic carbocycles. The van der Waals surface area contributed by atoms with E-state index in [-0.39, 0.29) is 0 Å². The van der Waals surface area contributed by atoms with E-state index in [1.165, 1.54) is 42.1 Å². The molecule has 0 aliphatic heterocycles. The van der Waals surface area contributed by atoms with Crippen LogP contribution in [0.3, 0.4) is 0 Å². The second-order valence-electron chi connectivity index (χ2n) is 5.00. The van der Waals surface area contributed by atoms with Crippen molar-refractivity contribution in [3.05, 3.63) is 34.3 Å². The third-order valence-electron chi connectivity index (χ3n) is 3.82. The lowest BCUT2D eigenvalue weighted by atomic mass is 9.80. The molecule has 0 heterocycles. The lowest BCUT2D eigenvalue weighted by molar-refractivity contribution is 0.264. The molecule has 2 rings (SSSR count). The Balaban J connectivity index is 2.03. The Bertz CT molecular complexity index is 349. The van der Waals surface area contributed by atoms with Crippen LogP contribution >= 0.6 is 15.9 Å². The van der Waals surface area contributed by atoms with E-state index < -0.39 is 0 Å². The van der Waals surface area contributed by atoms with Gasteiger partial charge in [-0.3, -0.25) is 0 Å². The molecule has 1 nitrogen and oxygen atoms in total. The second-order valence-corrected chi connectivity index (χ2v) is 5.86. The van der Waals surface area contributed by atoms with Gasteiger partial charge < -0.3 is 5.32 Å². The maximum atomic E-state index is 3.66. The second kappa shape index (κ2) is 6.55. The molecule has 0 radical (unpaired) electrons. The fourth-order valence-electron chi connectivity index (χ4n) is 2.93. The Morgan fingerprint density at radius 3 is 2.76 bits per heavy atom. The van der Waals surface area contributed by atoms with Gasteiger partial charge in [-0.2, -0.15) is 0 Å². The lowest BCUT2D eigenvalue weighted by Gasteiger charge is -2.32. The van der Waals surface area contributed by atoms with Crippen molar-refractivity contribution in [2.75, 3.05) is 6.54 Å². The molecular weight excluding hydrogens is 274 g/mol. The largest absolute Gasteiger partial charge is 0.314 e. The van der Waals surface area contributed by atoms with Crippen LogP contribution in [-0.4, -0.2) is 12.6 Å². The first kappa shape index (κ1) is 13.1. The molecule has 0 amide bonds. The van der Waals surface area contributed by atoms with Gasteiger partial charge in [0.15, 0.2) is 0 Å².